The summed E-state index contributed by atoms with van der Waals surface area (Å²) in [6.45, 7) is 4.19. The summed E-state index contributed by atoms with van der Waals surface area (Å²) in [6, 6.07) is 6.30. The van der Waals surface area contributed by atoms with Crippen LogP contribution in [0.5, 0.6) is 0 Å². The smallest absolute Gasteiger partial charge is 0.261 e. The Morgan fingerprint density at radius 3 is 2.28 bits per heavy atom. The van der Waals surface area contributed by atoms with E-state index in [4.69, 9.17) is 10.7 Å². The van der Waals surface area contributed by atoms with Crippen LogP contribution in [0.2, 0.25) is 0 Å². The molecule has 0 aliphatic rings. The molecule has 0 fully saturated rings. The summed E-state index contributed by atoms with van der Waals surface area (Å²) in [5, 5.41) is 2.79. The quantitative estimate of drug-likeness (QED) is 0.843. The Kier molecular flexibility index (Phi) is 5.16. The molecule has 0 atom stereocenters. The highest BCUT2D eigenvalue weighted by Crippen LogP contribution is 2.15. The van der Waals surface area contributed by atoms with E-state index in [1.807, 2.05) is 13.8 Å². The van der Waals surface area contributed by atoms with Crippen LogP contribution in [0.15, 0.2) is 29.2 Å². The summed E-state index contributed by atoms with van der Waals surface area (Å²) in [6.07, 6.45) is 0.654. The number of halogens is 1. The van der Waals surface area contributed by atoms with Crippen LogP contribution in [0.1, 0.15) is 19.4 Å². The van der Waals surface area contributed by atoms with Gasteiger partial charge in [-0.3, -0.25) is 4.79 Å². The topological polar surface area (TPSA) is 63.2 Å². The van der Waals surface area contributed by atoms with Crippen LogP contribution in [0.4, 0.5) is 0 Å². The number of hydrogen-bond acceptors (Lipinski definition) is 3. The molecule has 4 nitrogen and oxygen atoms in total. The van der Waals surface area contributed by atoms with Gasteiger partial charge in [0.05, 0.1) is 4.90 Å². The predicted octanol–water partition coefficient (Wildman–Crippen LogP) is 1.93. The van der Waals surface area contributed by atoms with Crippen molar-refractivity contribution in [1.29, 1.82) is 0 Å². The first kappa shape index (κ1) is 15.0. The summed E-state index contributed by atoms with van der Waals surface area (Å²) in [7, 11) is 1.54. The van der Waals surface area contributed by atoms with Crippen molar-refractivity contribution < 1.29 is 13.2 Å². The Labute approximate surface area is 112 Å². The van der Waals surface area contributed by atoms with Crippen molar-refractivity contribution in [2.75, 3.05) is 6.54 Å². The van der Waals surface area contributed by atoms with Gasteiger partial charge in [0.15, 0.2) is 0 Å². The van der Waals surface area contributed by atoms with E-state index in [-0.39, 0.29) is 16.7 Å². The van der Waals surface area contributed by atoms with Gasteiger partial charge in [-0.2, -0.15) is 0 Å². The lowest BCUT2D eigenvalue weighted by Crippen LogP contribution is -2.29. The average molecular weight is 290 g/mol. The number of carbonyl (C=O) groups is 1. The third-order valence-electron chi connectivity index (χ3n) is 2.44. The first-order chi connectivity index (χ1) is 8.30. The van der Waals surface area contributed by atoms with Crippen molar-refractivity contribution in [3.63, 3.8) is 0 Å². The highest BCUT2D eigenvalue weighted by atomic mass is 35.7. The molecule has 1 aromatic carbocycles. The summed E-state index contributed by atoms with van der Waals surface area (Å²) in [5.41, 5.74) is 0.947. The van der Waals surface area contributed by atoms with E-state index in [9.17, 15) is 13.2 Å². The molecular weight excluding hydrogens is 274 g/mol. The highest BCUT2D eigenvalue weighted by Gasteiger charge is 2.09. The van der Waals surface area contributed by atoms with Crippen LogP contribution in [0.3, 0.4) is 0 Å². The van der Waals surface area contributed by atoms with Gasteiger partial charge in [0.2, 0.25) is 5.91 Å². The maximum absolute atomic E-state index is 11.3. The fraction of sp³-hybridized carbons (Fsp3) is 0.417. The zero-order valence-corrected chi connectivity index (χ0v) is 11.9. The Morgan fingerprint density at radius 2 is 1.83 bits per heavy atom. The van der Waals surface area contributed by atoms with Crippen LogP contribution < -0.4 is 5.32 Å². The summed E-state index contributed by atoms with van der Waals surface area (Å²) in [4.78, 5) is 11.4. The normalized spacial score (nSPS) is 11.6. The predicted molar refractivity (Wildman–Crippen MR) is 71.0 cm³/mol. The molecule has 0 aliphatic heterocycles. The van der Waals surface area contributed by atoms with Gasteiger partial charge in [-0.25, -0.2) is 8.42 Å². The van der Waals surface area contributed by atoms with Gasteiger partial charge in [0.1, 0.15) is 0 Å². The van der Waals surface area contributed by atoms with Gasteiger partial charge in [0.25, 0.3) is 9.05 Å². The molecular formula is C12H16ClNO3S. The van der Waals surface area contributed by atoms with Crippen LogP contribution in [-0.4, -0.2) is 20.9 Å². The van der Waals surface area contributed by atoms with Gasteiger partial charge in [0, 0.05) is 23.1 Å². The van der Waals surface area contributed by atoms with Gasteiger partial charge in [-0.1, -0.05) is 26.0 Å². The minimum atomic E-state index is -3.66. The van der Waals surface area contributed by atoms with Crippen molar-refractivity contribution in [3.8, 4) is 0 Å². The molecule has 0 spiro atoms. The second kappa shape index (κ2) is 6.20. The van der Waals surface area contributed by atoms with Gasteiger partial charge in [-0.15, -0.1) is 0 Å². The monoisotopic (exact) mass is 289 g/mol. The Hall–Kier alpha value is -1.07. The highest BCUT2D eigenvalue weighted by molar-refractivity contribution is 8.13. The molecule has 0 aromatic heterocycles. The molecule has 100 valence electrons. The maximum atomic E-state index is 11.3. The summed E-state index contributed by atoms with van der Waals surface area (Å²) < 4.78 is 22.1. The molecule has 0 aliphatic carbocycles. The van der Waals surface area contributed by atoms with Crippen molar-refractivity contribution in [3.05, 3.63) is 29.8 Å². The number of amides is 1. The third kappa shape index (κ3) is 4.66. The molecule has 1 aromatic rings. The Morgan fingerprint density at radius 1 is 1.28 bits per heavy atom. The third-order valence-corrected chi connectivity index (χ3v) is 3.81. The molecule has 0 heterocycles. The van der Waals surface area contributed by atoms with Gasteiger partial charge < -0.3 is 5.32 Å². The first-order valence-corrected chi connectivity index (χ1v) is 7.93. The van der Waals surface area contributed by atoms with Gasteiger partial charge in [-0.05, 0) is 24.1 Å². The largest absolute Gasteiger partial charge is 0.356 e. The zero-order valence-electron chi connectivity index (χ0n) is 10.3. The van der Waals surface area contributed by atoms with Crippen molar-refractivity contribution in [2.45, 2.75) is 25.2 Å². The molecule has 1 N–H and O–H groups in total. The SMILES string of the molecule is CC(C)C(=O)NCCc1ccc(S(=O)(=O)Cl)cc1. The minimum absolute atomic E-state index is 0.00922. The van der Waals surface area contributed by atoms with Gasteiger partial charge >= 0.3 is 0 Å². The number of benzene rings is 1. The summed E-state index contributed by atoms with van der Waals surface area (Å²) >= 11 is 0. The minimum Gasteiger partial charge on any atom is -0.356 e. The second-order valence-electron chi connectivity index (χ2n) is 4.28. The molecule has 18 heavy (non-hydrogen) atoms. The van der Waals surface area contributed by atoms with E-state index < -0.39 is 9.05 Å². The Balaban J connectivity index is 2.53. The molecule has 0 unspecified atom stereocenters. The number of hydrogen-bond donors (Lipinski definition) is 1. The average Bonchev–Trinajstić information content (AvgIpc) is 2.28. The van der Waals surface area contributed by atoms with E-state index in [1.165, 1.54) is 12.1 Å². The van der Waals surface area contributed by atoms with Crippen LogP contribution >= 0.6 is 10.7 Å². The summed E-state index contributed by atoms with van der Waals surface area (Å²) in [5.74, 6) is -0.0243. The molecule has 0 radical (unpaired) electrons. The number of nitrogens with one attached hydrogen (secondary N) is 1. The van der Waals surface area contributed by atoms with Crippen LogP contribution in [-0.2, 0) is 20.3 Å². The zero-order chi connectivity index (χ0) is 13.8. The van der Waals surface area contributed by atoms with E-state index in [0.29, 0.717) is 13.0 Å². The molecule has 1 amide bonds. The Bertz CT molecular complexity index is 509. The van der Waals surface area contributed by atoms with Crippen LogP contribution in [0.25, 0.3) is 0 Å². The lowest BCUT2D eigenvalue weighted by atomic mass is 10.1. The van der Waals surface area contributed by atoms with Crippen molar-refractivity contribution >= 4 is 25.6 Å². The number of carbonyl (C=O) groups excluding carboxylic acids is 1. The van der Waals surface area contributed by atoms with E-state index in [1.54, 1.807) is 12.1 Å². The fourth-order valence-corrected chi connectivity index (χ4v) is 2.12. The van der Waals surface area contributed by atoms with E-state index in [0.717, 1.165) is 5.56 Å². The maximum Gasteiger partial charge on any atom is 0.261 e. The molecule has 0 bridgehead atoms. The lowest BCUT2D eigenvalue weighted by Gasteiger charge is -2.07. The number of rotatable bonds is 5. The molecule has 6 heteroatoms. The molecule has 1 rings (SSSR count). The van der Waals surface area contributed by atoms with Crippen LogP contribution in [0, 0.1) is 5.92 Å². The first-order valence-electron chi connectivity index (χ1n) is 5.62. The van der Waals surface area contributed by atoms with E-state index in [2.05, 4.69) is 5.32 Å². The molecule has 0 saturated carbocycles. The lowest BCUT2D eigenvalue weighted by molar-refractivity contribution is -0.123. The van der Waals surface area contributed by atoms with Crippen molar-refractivity contribution in [1.82, 2.24) is 5.32 Å². The standard InChI is InChI=1S/C12H16ClNO3S/c1-9(2)12(15)14-8-7-10-3-5-11(6-4-10)18(13,16)17/h3-6,9H,7-8H2,1-2H3,(H,14,15). The van der Waals surface area contributed by atoms with Crippen molar-refractivity contribution in [2.24, 2.45) is 5.92 Å². The fourth-order valence-electron chi connectivity index (χ4n) is 1.35. The molecule has 0 saturated heterocycles. The second-order valence-corrected chi connectivity index (χ2v) is 6.84. The van der Waals surface area contributed by atoms with E-state index >= 15 is 0 Å².